The van der Waals surface area contributed by atoms with Crippen molar-refractivity contribution < 1.29 is 9.53 Å². The molecule has 0 saturated heterocycles. The highest BCUT2D eigenvalue weighted by atomic mass is 32.2. The minimum absolute atomic E-state index is 0.0702. The SMILES string of the molecule is COc1ccccc1CNC(=O)C(C)Sc1nnnn1C(C)C. The Morgan fingerprint density at radius 1 is 1.35 bits per heavy atom. The highest BCUT2D eigenvalue weighted by Crippen LogP contribution is 2.23. The average molecular weight is 335 g/mol. The van der Waals surface area contributed by atoms with Crippen LogP contribution in [0.5, 0.6) is 5.75 Å². The third-order valence-corrected chi connectivity index (χ3v) is 4.30. The van der Waals surface area contributed by atoms with Crippen molar-refractivity contribution in [2.45, 2.75) is 43.8 Å². The zero-order chi connectivity index (χ0) is 16.8. The van der Waals surface area contributed by atoms with Gasteiger partial charge in [-0.3, -0.25) is 4.79 Å². The van der Waals surface area contributed by atoms with Crippen LogP contribution in [0.4, 0.5) is 0 Å². The monoisotopic (exact) mass is 335 g/mol. The van der Waals surface area contributed by atoms with E-state index in [9.17, 15) is 4.79 Å². The van der Waals surface area contributed by atoms with E-state index in [-0.39, 0.29) is 17.2 Å². The maximum atomic E-state index is 12.3. The Morgan fingerprint density at radius 3 is 2.78 bits per heavy atom. The van der Waals surface area contributed by atoms with Crippen LogP contribution >= 0.6 is 11.8 Å². The molecule has 0 saturated carbocycles. The number of aromatic nitrogens is 4. The summed E-state index contributed by atoms with van der Waals surface area (Å²) in [5.74, 6) is 0.691. The van der Waals surface area contributed by atoms with E-state index in [0.717, 1.165) is 11.3 Å². The maximum absolute atomic E-state index is 12.3. The number of nitrogens with one attached hydrogen (secondary N) is 1. The van der Waals surface area contributed by atoms with Gasteiger partial charge in [0, 0.05) is 12.1 Å². The fraction of sp³-hybridized carbons (Fsp3) is 0.467. The molecule has 0 aliphatic carbocycles. The van der Waals surface area contributed by atoms with Crippen LogP contribution in [-0.4, -0.2) is 38.5 Å². The molecule has 1 amide bonds. The largest absolute Gasteiger partial charge is 0.496 e. The molecular weight excluding hydrogens is 314 g/mol. The predicted octanol–water partition coefficient (Wildman–Crippen LogP) is 2.06. The lowest BCUT2D eigenvalue weighted by atomic mass is 10.2. The number of rotatable bonds is 7. The second-order valence-corrected chi connectivity index (χ2v) is 6.60. The van der Waals surface area contributed by atoms with Gasteiger partial charge in [0.05, 0.1) is 18.4 Å². The highest BCUT2D eigenvalue weighted by molar-refractivity contribution is 8.00. The Balaban J connectivity index is 1.94. The lowest BCUT2D eigenvalue weighted by Crippen LogP contribution is -2.30. The van der Waals surface area contributed by atoms with E-state index < -0.39 is 0 Å². The van der Waals surface area contributed by atoms with Crippen LogP contribution in [0.25, 0.3) is 0 Å². The number of para-hydroxylation sites is 1. The first-order chi connectivity index (χ1) is 11.0. The summed E-state index contributed by atoms with van der Waals surface area (Å²) in [5, 5.41) is 14.8. The number of hydrogen-bond acceptors (Lipinski definition) is 6. The number of tetrazole rings is 1. The molecule has 1 unspecified atom stereocenters. The van der Waals surface area contributed by atoms with E-state index in [1.54, 1.807) is 11.8 Å². The standard InChI is InChI=1S/C15H21N5O2S/c1-10(2)20-15(17-18-19-20)23-11(3)14(21)16-9-12-7-5-6-8-13(12)22-4/h5-8,10-11H,9H2,1-4H3,(H,16,21). The molecule has 0 aliphatic heterocycles. The van der Waals surface area contributed by atoms with Gasteiger partial charge < -0.3 is 10.1 Å². The molecule has 23 heavy (non-hydrogen) atoms. The molecule has 0 aliphatic rings. The molecule has 0 radical (unpaired) electrons. The fourth-order valence-corrected chi connectivity index (χ4v) is 2.92. The Kier molecular flexibility index (Phi) is 5.97. The third-order valence-electron chi connectivity index (χ3n) is 3.25. The van der Waals surface area contributed by atoms with Crippen LogP contribution in [0, 0.1) is 0 Å². The highest BCUT2D eigenvalue weighted by Gasteiger charge is 2.19. The van der Waals surface area contributed by atoms with Crippen molar-refractivity contribution in [2.75, 3.05) is 7.11 Å². The van der Waals surface area contributed by atoms with Crippen LogP contribution in [0.15, 0.2) is 29.4 Å². The normalized spacial score (nSPS) is 12.2. The first-order valence-electron chi connectivity index (χ1n) is 7.37. The summed E-state index contributed by atoms with van der Waals surface area (Å²) in [6, 6.07) is 7.76. The topological polar surface area (TPSA) is 81.9 Å². The van der Waals surface area contributed by atoms with Crippen LogP contribution in [0.2, 0.25) is 0 Å². The zero-order valence-electron chi connectivity index (χ0n) is 13.7. The number of benzene rings is 1. The van der Waals surface area contributed by atoms with Gasteiger partial charge in [-0.1, -0.05) is 30.0 Å². The molecule has 1 N–H and O–H groups in total. The van der Waals surface area contributed by atoms with Crippen LogP contribution < -0.4 is 10.1 Å². The minimum atomic E-state index is -0.298. The second-order valence-electron chi connectivity index (χ2n) is 5.29. The number of carbonyl (C=O) groups is 1. The molecule has 7 nitrogen and oxygen atoms in total. The summed E-state index contributed by atoms with van der Waals surface area (Å²) in [6.45, 7) is 6.24. The summed E-state index contributed by atoms with van der Waals surface area (Å²) >= 11 is 1.34. The van der Waals surface area contributed by atoms with Crippen LogP contribution in [-0.2, 0) is 11.3 Å². The van der Waals surface area contributed by atoms with E-state index in [0.29, 0.717) is 11.7 Å². The van der Waals surface area contributed by atoms with E-state index >= 15 is 0 Å². The van der Waals surface area contributed by atoms with Gasteiger partial charge in [0.15, 0.2) is 0 Å². The van der Waals surface area contributed by atoms with Crippen molar-refractivity contribution in [3.8, 4) is 5.75 Å². The van der Waals surface area contributed by atoms with E-state index in [2.05, 4.69) is 20.8 Å². The molecule has 1 aromatic heterocycles. The van der Waals surface area contributed by atoms with Gasteiger partial charge in [-0.25, -0.2) is 4.68 Å². The number of ether oxygens (including phenoxy) is 1. The number of hydrogen-bond donors (Lipinski definition) is 1. The van der Waals surface area contributed by atoms with Crippen molar-refractivity contribution in [2.24, 2.45) is 0 Å². The molecule has 0 fully saturated rings. The summed E-state index contributed by atoms with van der Waals surface area (Å²) in [7, 11) is 1.62. The predicted molar refractivity (Wildman–Crippen MR) is 88.4 cm³/mol. The first-order valence-corrected chi connectivity index (χ1v) is 8.25. The third kappa shape index (κ3) is 4.44. The second kappa shape index (κ2) is 7.96. The van der Waals surface area contributed by atoms with Gasteiger partial charge in [-0.2, -0.15) is 0 Å². The molecule has 1 aromatic carbocycles. The van der Waals surface area contributed by atoms with Gasteiger partial charge in [-0.15, -0.1) is 5.10 Å². The van der Waals surface area contributed by atoms with E-state index in [4.69, 9.17) is 4.74 Å². The summed E-state index contributed by atoms with van der Waals surface area (Å²) < 4.78 is 6.98. The van der Waals surface area contributed by atoms with Gasteiger partial charge in [-0.05, 0) is 37.3 Å². The molecule has 8 heteroatoms. The molecular formula is C15H21N5O2S. The Labute approximate surface area is 139 Å². The molecule has 124 valence electrons. The van der Waals surface area contributed by atoms with Crippen molar-refractivity contribution in [3.05, 3.63) is 29.8 Å². The minimum Gasteiger partial charge on any atom is -0.496 e. The quantitative estimate of drug-likeness (QED) is 0.780. The number of amides is 1. The van der Waals surface area contributed by atoms with Crippen molar-refractivity contribution >= 4 is 17.7 Å². The molecule has 0 spiro atoms. The van der Waals surface area contributed by atoms with E-state index in [1.807, 2.05) is 45.0 Å². The molecule has 0 bridgehead atoms. The maximum Gasteiger partial charge on any atom is 0.233 e. The Bertz CT molecular complexity index is 659. The zero-order valence-corrected chi connectivity index (χ0v) is 14.5. The lowest BCUT2D eigenvalue weighted by molar-refractivity contribution is -0.120. The lowest BCUT2D eigenvalue weighted by Gasteiger charge is -2.14. The van der Waals surface area contributed by atoms with E-state index in [1.165, 1.54) is 11.8 Å². The fourth-order valence-electron chi connectivity index (χ4n) is 1.97. The van der Waals surface area contributed by atoms with Crippen LogP contribution in [0.1, 0.15) is 32.4 Å². The van der Waals surface area contributed by atoms with Gasteiger partial charge in [0.1, 0.15) is 5.75 Å². The summed E-state index contributed by atoms with van der Waals surface area (Å²) in [5.41, 5.74) is 0.938. The number of nitrogens with zero attached hydrogens (tertiary/aromatic N) is 4. The Morgan fingerprint density at radius 2 is 2.09 bits per heavy atom. The summed E-state index contributed by atoms with van der Waals surface area (Å²) in [6.07, 6.45) is 0. The molecule has 1 heterocycles. The smallest absolute Gasteiger partial charge is 0.233 e. The average Bonchev–Trinajstić information content (AvgIpc) is 3.01. The van der Waals surface area contributed by atoms with Gasteiger partial charge in [0.2, 0.25) is 11.1 Å². The molecule has 1 atom stereocenters. The molecule has 2 aromatic rings. The number of thioether (sulfide) groups is 1. The van der Waals surface area contributed by atoms with Gasteiger partial charge in [0.25, 0.3) is 0 Å². The number of carbonyl (C=O) groups excluding carboxylic acids is 1. The van der Waals surface area contributed by atoms with Crippen molar-refractivity contribution in [1.29, 1.82) is 0 Å². The first kappa shape index (κ1) is 17.3. The van der Waals surface area contributed by atoms with Crippen molar-refractivity contribution in [3.63, 3.8) is 0 Å². The summed E-state index contributed by atoms with van der Waals surface area (Å²) in [4.78, 5) is 12.3. The Hall–Kier alpha value is -2.09. The van der Waals surface area contributed by atoms with Gasteiger partial charge >= 0.3 is 0 Å². The number of methoxy groups -OCH3 is 1. The molecule has 2 rings (SSSR count). The van der Waals surface area contributed by atoms with Crippen molar-refractivity contribution in [1.82, 2.24) is 25.5 Å². The van der Waals surface area contributed by atoms with Crippen LogP contribution in [0.3, 0.4) is 0 Å².